The first kappa shape index (κ1) is 14.1. The zero-order valence-electron chi connectivity index (χ0n) is 11.4. The van der Waals surface area contributed by atoms with Crippen LogP contribution < -0.4 is 0 Å². The van der Waals surface area contributed by atoms with E-state index in [1.165, 1.54) is 12.1 Å². The lowest BCUT2D eigenvalue weighted by Gasteiger charge is -2.30. The van der Waals surface area contributed by atoms with E-state index in [-0.39, 0.29) is 17.0 Å². The highest BCUT2D eigenvalue weighted by molar-refractivity contribution is 5.41. The molecule has 0 bridgehead atoms. The fourth-order valence-corrected chi connectivity index (χ4v) is 2.54. The van der Waals surface area contributed by atoms with Crippen LogP contribution in [0.1, 0.15) is 52.2 Å². The van der Waals surface area contributed by atoms with Gasteiger partial charge in [0.2, 0.25) is 0 Å². The Morgan fingerprint density at radius 3 is 2.18 bits per heavy atom. The fraction of sp³-hybridized carbons (Fsp3) is 0.600. The highest BCUT2D eigenvalue weighted by atomic mass is 19.1. The lowest BCUT2D eigenvalue weighted by molar-refractivity contribution is 0.326. The third kappa shape index (κ3) is 2.22. The molecule has 1 atom stereocenters. The third-order valence-electron chi connectivity index (χ3n) is 3.94. The summed E-state index contributed by atoms with van der Waals surface area (Å²) in [6.07, 6.45) is 1.51. The van der Waals surface area contributed by atoms with Gasteiger partial charge in [-0.15, -0.1) is 0 Å². The molecule has 0 amide bonds. The largest absolute Gasteiger partial charge is 0.207 e. The molecule has 1 aromatic carbocycles. The molecule has 0 aliphatic heterocycles. The number of hydrogen-bond acceptors (Lipinski definition) is 0. The molecule has 2 heteroatoms. The zero-order chi connectivity index (χ0) is 13.2. The molecule has 0 aromatic heterocycles. The van der Waals surface area contributed by atoms with E-state index in [9.17, 15) is 8.78 Å². The van der Waals surface area contributed by atoms with Crippen molar-refractivity contribution < 1.29 is 8.78 Å². The third-order valence-corrected chi connectivity index (χ3v) is 3.94. The first-order valence-corrected chi connectivity index (χ1v) is 6.44. The molecule has 0 fully saturated rings. The smallest absolute Gasteiger partial charge is 0.127 e. The van der Waals surface area contributed by atoms with E-state index in [1.807, 2.05) is 20.8 Å². The minimum Gasteiger partial charge on any atom is -0.207 e. The Bertz CT molecular complexity index is 396. The fourth-order valence-electron chi connectivity index (χ4n) is 2.54. The Kier molecular flexibility index (Phi) is 4.29. The minimum atomic E-state index is -0.254. The van der Waals surface area contributed by atoms with Gasteiger partial charge in [0, 0.05) is 5.56 Å². The summed E-state index contributed by atoms with van der Waals surface area (Å²) < 4.78 is 27.3. The Hall–Kier alpha value is -0.920. The van der Waals surface area contributed by atoms with Gasteiger partial charge >= 0.3 is 0 Å². The molecule has 1 aromatic rings. The van der Waals surface area contributed by atoms with E-state index < -0.39 is 0 Å². The van der Waals surface area contributed by atoms with Crippen molar-refractivity contribution in [3.8, 4) is 0 Å². The SMILES string of the molecule is CC.CC(C)C1(C)CCc2c(F)ccc(F)c21. The molecule has 2 rings (SSSR count). The average Bonchev–Trinajstić information content (AvgIpc) is 2.68. The molecule has 0 N–H and O–H groups in total. The van der Waals surface area contributed by atoms with Crippen LogP contribution in [-0.2, 0) is 11.8 Å². The van der Waals surface area contributed by atoms with Gasteiger partial charge in [0.05, 0.1) is 0 Å². The van der Waals surface area contributed by atoms with Crippen LogP contribution in [0.4, 0.5) is 8.78 Å². The molecule has 0 saturated heterocycles. The topological polar surface area (TPSA) is 0 Å². The van der Waals surface area contributed by atoms with Crippen LogP contribution in [0.5, 0.6) is 0 Å². The average molecular weight is 240 g/mol. The number of halogens is 2. The molecule has 0 nitrogen and oxygen atoms in total. The molecule has 0 radical (unpaired) electrons. The van der Waals surface area contributed by atoms with Gasteiger partial charge in [0.1, 0.15) is 11.6 Å². The molecular formula is C15H22F2. The number of hydrogen-bond donors (Lipinski definition) is 0. The molecular weight excluding hydrogens is 218 g/mol. The lowest BCUT2D eigenvalue weighted by atomic mass is 9.74. The second-order valence-corrected chi connectivity index (χ2v) is 4.95. The normalized spacial score (nSPS) is 22.1. The van der Waals surface area contributed by atoms with Crippen LogP contribution >= 0.6 is 0 Å². The number of rotatable bonds is 1. The Balaban J connectivity index is 0.000000686. The van der Waals surface area contributed by atoms with Crippen molar-refractivity contribution in [2.75, 3.05) is 0 Å². The van der Waals surface area contributed by atoms with Gasteiger partial charge < -0.3 is 0 Å². The van der Waals surface area contributed by atoms with Crippen molar-refractivity contribution in [2.24, 2.45) is 5.92 Å². The van der Waals surface area contributed by atoms with Gasteiger partial charge in [-0.05, 0) is 41.9 Å². The highest BCUT2D eigenvalue weighted by Crippen LogP contribution is 2.45. The van der Waals surface area contributed by atoms with Crippen molar-refractivity contribution in [3.63, 3.8) is 0 Å². The Morgan fingerprint density at radius 2 is 1.65 bits per heavy atom. The zero-order valence-corrected chi connectivity index (χ0v) is 11.4. The summed E-state index contributed by atoms with van der Waals surface area (Å²) in [4.78, 5) is 0. The maximum Gasteiger partial charge on any atom is 0.127 e. The van der Waals surface area contributed by atoms with Gasteiger partial charge in [-0.3, -0.25) is 0 Å². The van der Waals surface area contributed by atoms with Crippen LogP contribution in [0.2, 0.25) is 0 Å². The Morgan fingerprint density at radius 1 is 1.12 bits per heavy atom. The van der Waals surface area contributed by atoms with Gasteiger partial charge in [-0.1, -0.05) is 34.6 Å². The standard InChI is InChI=1S/C13H16F2.C2H6/c1-8(2)13(3)7-6-9-10(14)4-5-11(15)12(9)13;1-2/h4-5,8H,6-7H2,1-3H3;1-2H3. The van der Waals surface area contributed by atoms with Crippen molar-refractivity contribution >= 4 is 0 Å². The summed E-state index contributed by atoms with van der Waals surface area (Å²) in [6.45, 7) is 10.2. The maximum absolute atomic E-state index is 13.8. The molecule has 0 saturated carbocycles. The molecule has 0 spiro atoms. The van der Waals surface area contributed by atoms with E-state index in [0.717, 1.165) is 6.42 Å². The van der Waals surface area contributed by atoms with Crippen molar-refractivity contribution in [3.05, 3.63) is 34.9 Å². The number of fused-ring (bicyclic) bond motifs is 1. The molecule has 0 heterocycles. The van der Waals surface area contributed by atoms with E-state index in [4.69, 9.17) is 0 Å². The van der Waals surface area contributed by atoms with Crippen molar-refractivity contribution in [1.29, 1.82) is 0 Å². The predicted octanol–water partition coefficient (Wildman–Crippen LogP) is 4.85. The quantitative estimate of drug-likeness (QED) is 0.658. The molecule has 96 valence electrons. The summed E-state index contributed by atoms with van der Waals surface area (Å²) in [5, 5.41) is 0. The van der Waals surface area contributed by atoms with E-state index in [2.05, 4.69) is 13.8 Å². The number of benzene rings is 1. The van der Waals surface area contributed by atoms with Crippen molar-refractivity contribution in [2.45, 2.75) is 52.9 Å². The second-order valence-electron chi connectivity index (χ2n) is 4.95. The minimum absolute atomic E-state index is 0.207. The first-order chi connectivity index (χ1) is 7.97. The van der Waals surface area contributed by atoms with Gasteiger partial charge in [0.15, 0.2) is 0 Å². The summed E-state index contributed by atoms with van der Waals surface area (Å²) in [5.41, 5.74) is 0.991. The first-order valence-electron chi connectivity index (χ1n) is 6.44. The predicted molar refractivity (Wildman–Crippen MR) is 68.2 cm³/mol. The van der Waals surface area contributed by atoms with Crippen LogP contribution in [0, 0.1) is 17.6 Å². The second kappa shape index (κ2) is 5.16. The summed E-state index contributed by atoms with van der Waals surface area (Å²) in [5.74, 6) is -0.175. The molecule has 1 aliphatic rings. The van der Waals surface area contributed by atoms with Crippen LogP contribution in [0.3, 0.4) is 0 Å². The maximum atomic E-state index is 13.8. The highest BCUT2D eigenvalue weighted by Gasteiger charge is 2.40. The van der Waals surface area contributed by atoms with Crippen molar-refractivity contribution in [1.82, 2.24) is 0 Å². The monoisotopic (exact) mass is 240 g/mol. The van der Waals surface area contributed by atoms with Crippen LogP contribution in [0.25, 0.3) is 0 Å². The summed E-state index contributed by atoms with van der Waals surface area (Å²) >= 11 is 0. The van der Waals surface area contributed by atoms with E-state index >= 15 is 0 Å². The van der Waals surface area contributed by atoms with Gasteiger partial charge in [-0.25, -0.2) is 8.78 Å². The lowest BCUT2D eigenvalue weighted by Crippen LogP contribution is -2.26. The summed E-state index contributed by atoms with van der Waals surface area (Å²) in [6, 6.07) is 2.49. The van der Waals surface area contributed by atoms with Crippen LogP contribution in [0.15, 0.2) is 12.1 Å². The Labute approximate surface area is 103 Å². The van der Waals surface area contributed by atoms with E-state index in [0.29, 0.717) is 23.5 Å². The van der Waals surface area contributed by atoms with Gasteiger partial charge in [-0.2, -0.15) is 0 Å². The summed E-state index contributed by atoms with van der Waals surface area (Å²) in [7, 11) is 0. The van der Waals surface area contributed by atoms with E-state index in [1.54, 1.807) is 0 Å². The van der Waals surface area contributed by atoms with Gasteiger partial charge in [0.25, 0.3) is 0 Å². The molecule has 1 aliphatic carbocycles. The molecule has 17 heavy (non-hydrogen) atoms. The molecule has 1 unspecified atom stereocenters. The van der Waals surface area contributed by atoms with Crippen LogP contribution in [-0.4, -0.2) is 0 Å².